The van der Waals surface area contributed by atoms with Crippen LogP contribution >= 0.6 is 11.3 Å². The summed E-state index contributed by atoms with van der Waals surface area (Å²) in [5.74, 6) is 0.793. The Kier molecular flexibility index (Phi) is 5.02. The summed E-state index contributed by atoms with van der Waals surface area (Å²) in [7, 11) is 0. The van der Waals surface area contributed by atoms with Gasteiger partial charge in [0.15, 0.2) is 10.8 Å². The molecule has 7 nitrogen and oxygen atoms in total. The summed E-state index contributed by atoms with van der Waals surface area (Å²) in [6.45, 7) is 4.82. The van der Waals surface area contributed by atoms with E-state index in [1.54, 1.807) is 11.3 Å². The van der Waals surface area contributed by atoms with Crippen molar-refractivity contribution >= 4 is 28.2 Å². The van der Waals surface area contributed by atoms with Gasteiger partial charge in [0.25, 0.3) is 5.91 Å². The van der Waals surface area contributed by atoms with Crippen LogP contribution in [0.25, 0.3) is 0 Å². The maximum atomic E-state index is 13.4. The number of fused-ring (bicyclic) bond motifs is 1. The van der Waals surface area contributed by atoms with Crippen LogP contribution in [0.1, 0.15) is 69.7 Å². The molecule has 0 unspecified atom stereocenters. The molecule has 4 heterocycles. The zero-order chi connectivity index (χ0) is 20.7. The molecule has 1 saturated heterocycles. The van der Waals surface area contributed by atoms with Gasteiger partial charge in [-0.2, -0.15) is 5.10 Å². The number of carbonyl (C=O) groups is 1. The number of nitrogens with zero attached hydrogens (tertiary/aromatic N) is 4. The Morgan fingerprint density at radius 2 is 2.07 bits per heavy atom. The molecule has 1 aliphatic carbocycles. The number of pyridine rings is 1. The Balaban J connectivity index is 1.38. The number of likely N-dealkylation sites (tertiary alicyclic amines) is 1. The molecule has 2 N–H and O–H groups in total. The summed E-state index contributed by atoms with van der Waals surface area (Å²) < 4.78 is 0. The fraction of sp³-hybridized carbons (Fsp3) is 0.455. The lowest BCUT2D eigenvalue weighted by Crippen LogP contribution is -2.32. The Morgan fingerprint density at radius 1 is 1.20 bits per heavy atom. The summed E-state index contributed by atoms with van der Waals surface area (Å²) >= 11 is 1.63. The van der Waals surface area contributed by atoms with Crippen LogP contribution in [-0.2, 0) is 12.8 Å². The van der Waals surface area contributed by atoms with Crippen molar-refractivity contribution in [2.45, 2.75) is 58.4 Å². The number of hydrogen-bond donors (Lipinski definition) is 2. The van der Waals surface area contributed by atoms with Crippen molar-refractivity contribution in [3.8, 4) is 0 Å². The lowest BCUT2D eigenvalue weighted by atomic mass is 9.95. The standard InChI is InChI=1S/C22H26N6OS/c1-13-14(2)30-22(23-13)25-19-11-5-9-17(24-19)18-10-6-12-28(18)21(29)20-15-7-3-4-8-16(15)26-27-20/h5,9,11,18H,3-4,6-8,10,12H2,1-2H3,(H,26,27)(H,23,24,25)/t18-/m0/s1. The number of thiazole rings is 1. The molecule has 0 bridgehead atoms. The maximum absolute atomic E-state index is 13.4. The van der Waals surface area contributed by atoms with Gasteiger partial charge in [0, 0.05) is 22.7 Å². The number of rotatable bonds is 4. The SMILES string of the molecule is Cc1nc(Nc2cccc([C@@H]3CCCN3C(=O)c3n[nH]c4c3CCCC4)n2)sc1C. The Hall–Kier alpha value is -2.74. The van der Waals surface area contributed by atoms with Gasteiger partial charge in [-0.05, 0) is 64.5 Å². The minimum atomic E-state index is -0.0186. The van der Waals surface area contributed by atoms with Gasteiger partial charge in [0.1, 0.15) is 5.82 Å². The first-order valence-electron chi connectivity index (χ1n) is 10.7. The van der Waals surface area contributed by atoms with Gasteiger partial charge < -0.3 is 10.2 Å². The van der Waals surface area contributed by atoms with E-state index in [0.717, 1.165) is 78.7 Å². The second-order valence-corrected chi connectivity index (χ2v) is 9.33. The topological polar surface area (TPSA) is 86.8 Å². The van der Waals surface area contributed by atoms with Gasteiger partial charge in [0.05, 0.1) is 17.4 Å². The fourth-order valence-corrected chi connectivity index (χ4v) is 5.28. The van der Waals surface area contributed by atoms with Crippen LogP contribution < -0.4 is 5.32 Å². The first-order valence-corrected chi connectivity index (χ1v) is 11.5. The number of amides is 1. The molecule has 5 rings (SSSR count). The minimum absolute atomic E-state index is 0.0186. The highest BCUT2D eigenvalue weighted by Crippen LogP contribution is 2.34. The van der Waals surface area contributed by atoms with Gasteiger partial charge in [-0.3, -0.25) is 9.89 Å². The molecule has 0 spiro atoms. The average molecular weight is 423 g/mol. The second kappa shape index (κ2) is 7.83. The van der Waals surface area contributed by atoms with Gasteiger partial charge in [-0.25, -0.2) is 9.97 Å². The molecule has 0 saturated carbocycles. The monoisotopic (exact) mass is 422 g/mol. The number of aryl methyl sites for hydroxylation is 3. The summed E-state index contributed by atoms with van der Waals surface area (Å²) in [5, 5.41) is 11.7. The number of aromatic nitrogens is 4. The Bertz CT molecular complexity index is 1070. The van der Waals surface area contributed by atoms with Crippen LogP contribution in [0.2, 0.25) is 0 Å². The molecular weight excluding hydrogens is 396 g/mol. The van der Waals surface area contributed by atoms with Crippen LogP contribution in [0.5, 0.6) is 0 Å². The van der Waals surface area contributed by atoms with E-state index in [1.165, 1.54) is 4.88 Å². The van der Waals surface area contributed by atoms with Gasteiger partial charge in [0.2, 0.25) is 0 Å². The largest absolute Gasteiger partial charge is 0.329 e. The fourth-order valence-electron chi connectivity index (χ4n) is 4.45. The summed E-state index contributed by atoms with van der Waals surface area (Å²) in [5.41, 5.74) is 4.82. The van der Waals surface area contributed by atoms with Crippen molar-refractivity contribution in [1.29, 1.82) is 0 Å². The van der Waals surface area contributed by atoms with E-state index in [2.05, 4.69) is 27.4 Å². The van der Waals surface area contributed by atoms with E-state index in [9.17, 15) is 4.79 Å². The third-order valence-corrected chi connectivity index (χ3v) is 7.14. The van der Waals surface area contributed by atoms with Gasteiger partial charge >= 0.3 is 0 Å². The third kappa shape index (κ3) is 3.49. The number of H-pyrrole nitrogens is 1. The first kappa shape index (κ1) is 19.2. The molecule has 3 aromatic heterocycles. The zero-order valence-electron chi connectivity index (χ0n) is 17.4. The second-order valence-electron chi connectivity index (χ2n) is 8.13. The minimum Gasteiger partial charge on any atom is -0.329 e. The molecule has 1 aliphatic heterocycles. The molecular formula is C22H26N6OS. The average Bonchev–Trinajstić information content (AvgIpc) is 3.47. The summed E-state index contributed by atoms with van der Waals surface area (Å²) in [6.07, 6.45) is 6.12. The van der Waals surface area contributed by atoms with Crippen molar-refractivity contribution in [2.75, 3.05) is 11.9 Å². The van der Waals surface area contributed by atoms with Crippen molar-refractivity contribution in [3.63, 3.8) is 0 Å². The molecule has 8 heteroatoms. The number of hydrogen-bond acceptors (Lipinski definition) is 6. The van der Waals surface area contributed by atoms with Crippen LogP contribution in [0.15, 0.2) is 18.2 Å². The predicted molar refractivity (Wildman–Crippen MR) is 117 cm³/mol. The van der Waals surface area contributed by atoms with Crippen LogP contribution in [0, 0.1) is 13.8 Å². The molecule has 0 aromatic carbocycles. The molecule has 30 heavy (non-hydrogen) atoms. The maximum Gasteiger partial charge on any atom is 0.275 e. The van der Waals surface area contributed by atoms with Crippen molar-refractivity contribution in [3.05, 3.63) is 51.4 Å². The summed E-state index contributed by atoms with van der Waals surface area (Å²) in [4.78, 5) is 25.9. The number of carbonyl (C=O) groups excluding carboxylic acids is 1. The zero-order valence-corrected chi connectivity index (χ0v) is 18.2. The molecule has 156 valence electrons. The molecule has 2 aliphatic rings. The molecule has 0 radical (unpaired) electrons. The number of nitrogens with one attached hydrogen (secondary N) is 2. The highest BCUT2D eigenvalue weighted by molar-refractivity contribution is 7.15. The van der Waals surface area contributed by atoms with E-state index < -0.39 is 0 Å². The van der Waals surface area contributed by atoms with Crippen LogP contribution in [-0.4, -0.2) is 37.5 Å². The third-order valence-electron chi connectivity index (χ3n) is 6.15. The molecule has 1 atom stereocenters. The van der Waals surface area contributed by atoms with E-state index in [1.807, 2.05) is 30.0 Å². The van der Waals surface area contributed by atoms with E-state index in [4.69, 9.17) is 4.98 Å². The molecule has 1 fully saturated rings. The van der Waals surface area contributed by atoms with Crippen molar-refractivity contribution in [1.82, 2.24) is 25.1 Å². The normalized spacial score (nSPS) is 18.5. The van der Waals surface area contributed by atoms with E-state index >= 15 is 0 Å². The smallest absolute Gasteiger partial charge is 0.275 e. The predicted octanol–water partition coefficient (Wildman–Crippen LogP) is 4.48. The number of anilines is 2. The highest BCUT2D eigenvalue weighted by atomic mass is 32.1. The van der Waals surface area contributed by atoms with Crippen molar-refractivity contribution < 1.29 is 4.79 Å². The lowest BCUT2D eigenvalue weighted by Gasteiger charge is -2.24. The number of aromatic amines is 1. The van der Waals surface area contributed by atoms with Crippen molar-refractivity contribution in [2.24, 2.45) is 0 Å². The Morgan fingerprint density at radius 3 is 2.90 bits per heavy atom. The summed E-state index contributed by atoms with van der Waals surface area (Å²) in [6, 6.07) is 5.94. The van der Waals surface area contributed by atoms with E-state index in [-0.39, 0.29) is 11.9 Å². The van der Waals surface area contributed by atoms with Gasteiger partial charge in [-0.1, -0.05) is 6.07 Å². The van der Waals surface area contributed by atoms with Crippen LogP contribution in [0.3, 0.4) is 0 Å². The first-order chi connectivity index (χ1) is 14.6. The molecule has 1 amide bonds. The molecule has 3 aromatic rings. The van der Waals surface area contributed by atoms with Gasteiger partial charge in [-0.15, -0.1) is 11.3 Å². The highest BCUT2D eigenvalue weighted by Gasteiger charge is 2.34. The Labute approximate surface area is 179 Å². The van der Waals surface area contributed by atoms with Crippen LogP contribution in [0.4, 0.5) is 10.9 Å². The lowest BCUT2D eigenvalue weighted by molar-refractivity contribution is 0.0725. The quantitative estimate of drug-likeness (QED) is 0.647. The van der Waals surface area contributed by atoms with E-state index in [0.29, 0.717) is 5.69 Å².